The number of ether oxygens (including phenoxy) is 1. The van der Waals surface area contributed by atoms with E-state index in [1.165, 1.54) is 38.8 Å². The highest BCUT2D eigenvalue weighted by Crippen LogP contribution is 2.29. The summed E-state index contributed by atoms with van der Waals surface area (Å²) in [6, 6.07) is 1.45. The Morgan fingerprint density at radius 1 is 1.17 bits per heavy atom. The maximum absolute atomic E-state index is 5.56. The van der Waals surface area contributed by atoms with Gasteiger partial charge in [0, 0.05) is 57.5 Å². The number of rotatable bonds is 5. The predicted molar refractivity (Wildman–Crippen MR) is 98.6 cm³/mol. The molecule has 0 aromatic rings. The van der Waals surface area contributed by atoms with Crippen LogP contribution in [0.3, 0.4) is 0 Å². The predicted octanol–water partition coefficient (Wildman–Crippen LogP) is 0.889. The molecule has 2 N–H and O–H groups in total. The van der Waals surface area contributed by atoms with Gasteiger partial charge >= 0.3 is 0 Å². The van der Waals surface area contributed by atoms with Crippen LogP contribution in [0.2, 0.25) is 0 Å². The van der Waals surface area contributed by atoms with Gasteiger partial charge in [-0.05, 0) is 52.6 Å². The molecule has 0 spiro atoms. The first-order chi connectivity index (χ1) is 11.6. The average molecular weight is 338 g/mol. The molecule has 2 aliphatic heterocycles. The van der Waals surface area contributed by atoms with Crippen LogP contribution in [0.4, 0.5) is 0 Å². The molecule has 2 saturated heterocycles. The Bertz CT molecular complexity index is 421. The Morgan fingerprint density at radius 2 is 1.83 bits per heavy atom. The summed E-state index contributed by atoms with van der Waals surface area (Å²) < 4.78 is 5.56. The summed E-state index contributed by atoms with van der Waals surface area (Å²) in [6.07, 6.45) is 7.43. The Morgan fingerprint density at radius 3 is 2.38 bits per heavy atom. The highest BCUT2D eigenvalue weighted by molar-refractivity contribution is 5.80. The van der Waals surface area contributed by atoms with Gasteiger partial charge in [0.2, 0.25) is 0 Å². The zero-order valence-electron chi connectivity index (χ0n) is 15.7. The smallest absolute Gasteiger partial charge is 0.191 e. The van der Waals surface area contributed by atoms with E-state index in [4.69, 9.17) is 4.74 Å². The SMILES string of the molecule is CN=C(NCC1(N(C)C)CCOCC1)NC1CCN(C2CC2)CC1. The van der Waals surface area contributed by atoms with Crippen molar-refractivity contribution in [1.29, 1.82) is 0 Å². The number of nitrogens with one attached hydrogen (secondary N) is 2. The van der Waals surface area contributed by atoms with E-state index < -0.39 is 0 Å². The van der Waals surface area contributed by atoms with Crippen LogP contribution in [0.25, 0.3) is 0 Å². The lowest BCUT2D eigenvalue weighted by Gasteiger charge is -2.43. The van der Waals surface area contributed by atoms with Crippen molar-refractivity contribution in [2.45, 2.75) is 56.1 Å². The van der Waals surface area contributed by atoms with Crippen LogP contribution in [-0.4, -0.2) is 87.4 Å². The third-order valence-electron chi connectivity index (χ3n) is 6.11. The molecule has 6 nitrogen and oxygen atoms in total. The molecule has 0 unspecified atom stereocenters. The Kier molecular flexibility index (Phi) is 6.00. The van der Waals surface area contributed by atoms with Crippen molar-refractivity contribution in [1.82, 2.24) is 20.4 Å². The number of nitrogens with zero attached hydrogens (tertiary/aromatic N) is 3. The van der Waals surface area contributed by atoms with E-state index in [9.17, 15) is 0 Å². The van der Waals surface area contributed by atoms with Crippen molar-refractivity contribution in [3.8, 4) is 0 Å². The minimum Gasteiger partial charge on any atom is -0.381 e. The monoisotopic (exact) mass is 337 g/mol. The molecule has 1 aliphatic carbocycles. The molecule has 0 amide bonds. The summed E-state index contributed by atoms with van der Waals surface area (Å²) in [5.74, 6) is 0.951. The summed E-state index contributed by atoms with van der Waals surface area (Å²) >= 11 is 0. The van der Waals surface area contributed by atoms with Gasteiger partial charge in [-0.2, -0.15) is 0 Å². The molecule has 2 heterocycles. The summed E-state index contributed by atoms with van der Waals surface area (Å²) in [7, 11) is 6.23. The summed E-state index contributed by atoms with van der Waals surface area (Å²) in [5.41, 5.74) is 0.172. The molecule has 0 radical (unpaired) electrons. The van der Waals surface area contributed by atoms with E-state index in [0.717, 1.165) is 44.6 Å². The van der Waals surface area contributed by atoms with Gasteiger partial charge in [0.25, 0.3) is 0 Å². The van der Waals surface area contributed by atoms with Crippen LogP contribution >= 0.6 is 0 Å². The number of likely N-dealkylation sites (N-methyl/N-ethyl adjacent to an activating group) is 1. The van der Waals surface area contributed by atoms with Gasteiger partial charge in [0.15, 0.2) is 5.96 Å². The maximum atomic E-state index is 5.56. The van der Waals surface area contributed by atoms with Crippen molar-refractivity contribution in [3.05, 3.63) is 0 Å². The van der Waals surface area contributed by atoms with Crippen molar-refractivity contribution < 1.29 is 4.74 Å². The quantitative estimate of drug-likeness (QED) is 0.576. The maximum Gasteiger partial charge on any atom is 0.191 e. The van der Waals surface area contributed by atoms with E-state index in [2.05, 4.69) is 39.5 Å². The molecule has 6 heteroatoms. The van der Waals surface area contributed by atoms with Gasteiger partial charge < -0.3 is 25.2 Å². The lowest BCUT2D eigenvalue weighted by Crippen LogP contribution is -2.58. The second-order valence-corrected chi connectivity index (χ2v) is 7.84. The largest absolute Gasteiger partial charge is 0.381 e. The van der Waals surface area contributed by atoms with Crippen LogP contribution in [0.15, 0.2) is 4.99 Å². The van der Waals surface area contributed by atoms with Gasteiger partial charge in [-0.1, -0.05) is 0 Å². The van der Waals surface area contributed by atoms with Gasteiger partial charge in [0.05, 0.1) is 0 Å². The summed E-state index contributed by atoms with van der Waals surface area (Å²) in [6.45, 7) is 5.09. The fourth-order valence-electron chi connectivity index (χ4n) is 4.02. The van der Waals surface area contributed by atoms with Gasteiger partial charge in [-0.3, -0.25) is 4.99 Å². The standard InChI is InChI=1S/C18H35N5O/c1-19-17(20-14-18(22(2)3)8-12-24-13-9-18)21-15-6-10-23(11-7-15)16-4-5-16/h15-16H,4-14H2,1-3H3,(H2,19,20,21). The molecular weight excluding hydrogens is 302 g/mol. The van der Waals surface area contributed by atoms with Crippen LogP contribution < -0.4 is 10.6 Å². The van der Waals surface area contributed by atoms with Crippen molar-refractivity contribution in [3.63, 3.8) is 0 Å². The third-order valence-corrected chi connectivity index (χ3v) is 6.11. The molecule has 0 atom stereocenters. The molecule has 0 aromatic heterocycles. The van der Waals surface area contributed by atoms with Crippen LogP contribution in [0, 0.1) is 0 Å². The van der Waals surface area contributed by atoms with Crippen LogP contribution in [-0.2, 0) is 4.74 Å². The molecule has 1 saturated carbocycles. The topological polar surface area (TPSA) is 52.1 Å². The number of aliphatic imine (C=N–C) groups is 1. The Labute approximate surface area is 147 Å². The van der Waals surface area contributed by atoms with E-state index in [0.29, 0.717) is 6.04 Å². The van der Waals surface area contributed by atoms with Crippen molar-refractivity contribution >= 4 is 5.96 Å². The number of likely N-dealkylation sites (tertiary alicyclic amines) is 1. The number of guanidine groups is 1. The zero-order valence-corrected chi connectivity index (χ0v) is 15.7. The third kappa shape index (κ3) is 4.41. The van der Waals surface area contributed by atoms with Crippen molar-refractivity contribution in [2.24, 2.45) is 4.99 Å². The second-order valence-electron chi connectivity index (χ2n) is 7.84. The van der Waals surface area contributed by atoms with Gasteiger partial charge in [-0.15, -0.1) is 0 Å². The average Bonchev–Trinajstić information content (AvgIpc) is 3.45. The normalized spacial score (nSPS) is 26.6. The fourth-order valence-corrected chi connectivity index (χ4v) is 4.02. The van der Waals surface area contributed by atoms with E-state index >= 15 is 0 Å². The van der Waals surface area contributed by atoms with Crippen molar-refractivity contribution in [2.75, 3.05) is 54.0 Å². The highest BCUT2D eigenvalue weighted by Gasteiger charge is 2.35. The van der Waals surface area contributed by atoms with Gasteiger partial charge in [0.1, 0.15) is 0 Å². The zero-order chi connectivity index (χ0) is 17.0. The van der Waals surface area contributed by atoms with E-state index in [1.807, 2.05) is 7.05 Å². The Balaban J connectivity index is 1.46. The molecule has 24 heavy (non-hydrogen) atoms. The van der Waals surface area contributed by atoms with E-state index in [-0.39, 0.29) is 5.54 Å². The number of piperidine rings is 1. The molecule has 3 fully saturated rings. The molecule has 3 aliphatic rings. The minimum absolute atomic E-state index is 0.172. The lowest BCUT2D eigenvalue weighted by atomic mass is 9.88. The summed E-state index contributed by atoms with van der Waals surface area (Å²) in [5, 5.41) is 7.23. The number of hydrogen-bond donors (Lipinski definition) is 2. The fraction of sp³-hybridized carbons (Fsp3) is 0.944. The second kappa shape index (κ2) is 8.02. The molecule has 0 aromatic carbocycles. The first-order valence-electron chi connectivity index (χ1n) is 9.59. The molecule has 3 rings (SSSR count). The summed E-state index contributed by atoms with van der Waals surface area (Å²) in [4.78, 5) is 9.47. The number of hydrogen-bond acceptors (Lipinski definition) is 4. The molecular formula is C18H35N5O. The Hall–Kier alpha value is -0.850. The molecule has 138 valence electrons. The first-order valence-corrected chi connectivity index (χ1v) is 9.59. The highest BCUT2D eigenvalue weighted by atomic mass is 16.5. The van der Waals surface area contributed by atoms with Crippen LogP contribution in [0.1, 0.15) is 38.5 Å². The lowest BCUT2D eigenvalue weighted by molar-refractivity contribution is -0.00504. The van der Waals surface area contributed by atoms with Crippen LogP contribution in [0.5, 0.6) is 0 Å². The van der Waals surface area contributed by atoms with E-state index in [1.54, 1.807) is 0 Å². The first kappa shape index (κ1) is 18.0. The van der Waals surface area contributed by atoms with Gasteiger partial charge in [-0.25, -0.2) is 0 Å². The molecule has 0 bridgehead atoms. The minimum atomic E-state index is 0.172.